The van der Waals surface area contributed by atoms with Gasteiger partial charge >= 0.3 is 0 Å². The van der Waals surface area contributed by atoms with Crippen molar-refractivity contribution in [2.45, 2.75) is 32.3 Å². The number of hydrogen-bond acceptors (Lipinski definition) is 5. The fourth-order valence-corrected chi connectivity index (χ4v) is 3.40. The molecule has 1 aromatic carbocycles. The summed E-state index contributed by atoms with van der Waals surface area (Å²) in [5.41, 5.74) is 0.443. The molecule has 2 amide bonds. The van der Waals surface area contributed by atoms with Gasteiger partial charge in [0.2, 0.25) is 5.91 Å². The number of nitrogens with one attached hydrogen (secondary N) is 1. The quantitative estimate of drug-likeness (QED) is 0.766. The highest BCUT2D eigenvalue weighted by atomic mass is 16.5. The molecule has 1 aliphatic heterocycles. The van der Waals surface area contributed by atoms with Crippen molar-refractivity contribution < 1.29 is 19.1 Å². The van der Waals surface area contributed by atoms with Gasteiger partial charge in [0.15, 0.2) is 0 Å². The van der Waals surface area contributed by atoms with E-state index in [1.54, 1.807) is 38.4 Å². The van der Waals surface area contributed by atoms with E-state index < -0.39 is 0 Å². The van der Waals surface area contributed by atoms with E-state index >= 15 is 0 Å². The second-order valence-corrected chi connectivity index (χ2v) is 7.15. The number of hydrogen-bond donors (Lipinski definition) is 1. The maximum atomic E-state index is 12.8. The second-order valence-electron chi connectivity index (χ2n) is 7.15. The molecule has 0 saturated carbocycles. The Hall–Kier alpha value is -3.03. The van der Waals surface area contributed by atoms with E-state index in [0.29, 0.717) is 43.1 Å². The number of carbonyl (C=O) groups excluding carboxylic acids is 2. The third-order valence-corrected chi connectivity index (χ3v) is 5.17. The molecule has 8 nitrogen and oxygen atoms in total. The summed E-state index contributed by atoms with van der Waals surface area (Å²) in [5.74, 6) is 1.90. The molecule has 2 heterocycles. The molecule has 2 aromatic rings. The van der Waals surface area contributed by atoms with Gasteiger partial charge in [0, 0.05) is 65.3 Å². The minimum absolute atomic E-state index is 0.0295. The van der Waals surface area contributed by atoms with Gasteiger partial charge in [-0.05, 0) is 18.2 Å². The van der Waals surface area contributed by atoms with E-state index in [9.17, 15) is 9.59 Å². The van der Waals surface area contributed by atoms with E-state index in [4.69, 9.17) is 9.47 Å². The van der Waals surface area contributed by atoms with Gasteiger partial charge in [-0.1, -0.05) is 0 Å². The lowest BCUT2D eigenvalue weighted by Crippen LogP contribution is -2.40. The van der Waals surface area contributed by atoms with Gasteiger partial charge in [0.1, 0.15) is 23.4 Å². The normalized spacial score (nSPS) is 14.5. The lowest BCUT2D eigenvalue weighted by atomic mass is 10.1. The Morgan fingerprint density at radius 1 is 1.28 bits per heavy atom. The van der Waals surface area contributed by atoms with Crippen LogP contribution in [0.15, 0.2) is 30.6 Å². The first-order valence-corrected chi connectivity index (χ1v) is 9.82. The fourth-order valence-electron chi connectivity index (χ4n) is 3.40. The van der Waals surface area contributed by atoms with Gasteiger partial charge in [0.05, 0.1) is 12.7 Å². The van der Waals surface area contributed by atoms with Gasteiger partial charge < -0.3 is 24.3 Å². The van der Waals surface area contributed by atoms with Crippen LogP contribution in [0, 0.1) is 0 Å². The number of amides is 2. The molecule has 156 valence electrons. The molecule has 1 aromatic heterocycles. The van der Waals surface area contributed by atoms with Crippen LogP contribution in [0.3, 0.4) is 0 Å². The molecule has 0 aliphatic carbocycles. The monoisotopic (exact) mass is 400 g/mol. The van der Waals surface area contributed by atoms with Crippen LogP contribution in [0.4, 0.5) is 0 Å². The van der Waals surface area contributed by atoms with Crippen LogP contribution in [0.5, 0.6) is 11.5 Å². The average Bonchev–Trinajstić information content (AvgIpc) is 3.13. The summed E-state index contributed by atoms with van der Waals surface area (Å²) >= 11 is 0. The summed E-state index contributed by atoms with van der Waals surface area (Å²) in [6.45, 7) is 3.39. The number of rotatable bonds is 7. The lowest BCUT2D eigenvalue weighted by molar-refractivity contribution is -0.130. The Kier molecular flexibility index (Phi) is 6.74. The number of nitrogens with zero attached hydrogens (tertiary/aromatic N) is 3. The number of piperidine rings is 1. The number of benzene rings is 1. The predicted molar refractivity (Wildman–Crippen MR) is 108 cm³/mol. The SMILES string of the molecule is COc1ccc(OC2CCN(C(C)=O)CC2)c(C(=O)NCCc2nccn2C)c1. The summed E-state index contributed by atoms with van der Waals surface area (Å²) in [6, 6.07) is 5.24. The van der Waals surface area contributed by atoms with Crippen molar-refractivity contribution in [3.63, 3.8) is 0 Å². The molecule has 0 atom stereocenters. The van der Waals surface area contributed by atoms with Crippen LogP contribution in [0.25, 0.3) is 0 Å². The summed E-state index contributed by atoms with van der Waals surface area (Å²) in [6.07, 6.45) is 5.71. The van der Waals surface area contributed by atoms with E-state index in [2.05, 4.69) is 10.3 Å². The molecule has 0 spiro atoms. The molecule has 1 aliphatic rings. The zero-order chi connectivity index (χ0) is 20.8. The molecule has 0 unspecified atom stereocenters. The summed E-state index contributed by atoms with van der Waals surface area (Å²) in [4.78, 5) is 30.4. The van der Waals surface area contributed by atoms with Crippen molar-refractivity contribution in [3.8, 4) is 11.5 Å². The molecule has 0 radical (unpaired) electrons. The highest BCUT2D eigenvalue weighted by Crippen LogP contribution is 2.27. The van der Waals surface area contributed by atoms with Crippen LogP contribution in [0.1, 0.15) is 35.9 Å². The third kappa shape index (κ3) is 5.28. The van der Waals surface area contributed by atoms with Gasteiger partial charge in [0.25, 0.3) is 5.91 Å². The molecular weight excluding hydrogens is 372 g/mol. The van der Waals surface area contributed by atoms with Crippen LogP contribution in [-0.2, 0) is 18.3 Å². The largest absolute Gasteiger partial charge is 0.497 e. The predicted octanol–water partition coefficient (Wildman–Crippen LogP) is 1.79. The lowest BCUT2D eigenvalue weighted by Gasteiger charge is -2.31. The Bertz CT molecular complexity index is 856. The summed E-state index contributed by atoms with van der Waals surface area (Å²) in [7, 11) is 3.49. The first-order valence-electron chi connectivity index (χ1n) is 9.82. The van der Waals surface area contributed by atoms with E-state index in [-0.39, 0.29) is 17.9 Å². The zero-order valence-electron chi connectivity index (χ0n) is 17.2. The molecule has 1 saturated heterocycles. The molecule has 29 heavy (non-hydrogen) atoms. The maximum Gasteiger partial charge on any atom is 0.255 e. The van der Waals surface area contributed by atoms with Crippen molar-refractivity contribution in [3.05, 3.63) is 42.0 Å². The average molecular weight is 400 g/mol. The van der Waals surface area contributed by atoms with Crippen molar-refractivity contribution in [2.24, 2.45) is 7.05 Å². The smallest absolute Gasteiger partial charge is 0.255 e. The molecular formula is C21H28N4O4. The van der Waals surface area contributed by atoms with Gasteiger partial charge in [-0.3, -0.25) is 9.59 Å². The molecule has 1 N–H and O–H groups in total. The standard InChI is InChI=1S/C21H28N4O4/c1-15(26)25-11-7-16(8-12-25)29-19-5-4-17(28-3)14-18(19)21(27)23-9-6-20-22-10-13-24(20)2/h4-5,10,13-14,16H,6-9,11-12H2,1-3H3,(H,23,27). The molecule has 8 heteroatoms. The van der Waals surface area contributed by atoms with E-state index in [1.807, 2.05) is 22.7 Å². The summed E-state index contributed by atoms with van der Waals surface area (Å²) in [5, 5.41) is 2.93. The molecule has 3 rings (SSSR count). The Morgan fingerprint density at radius 3 is 2.66 bits per heavy atom. The Balaban J connectivity index is 1.64. The van der Waals surface area contributed by atoms with E-state index in [0.717, 1.165) is 18.7 Å². The zero-order valence-corrected chi connectivity index (χ0v) is 17.2. The number of methoxy groups -OCH3 is 1. The van der Waals surface area contributed by atoms with Gasteiger partial charge in [-0.15, -0.1) is 0 Å². The van der Waals surface area contributed by atoms with E-state index in [1.165, 1.54) is 0 Å². The first kappa shape index (κ1) is 20.7. The van der Waals surface area contributed by atoms with Crippen LogP contribution in [0.2, 0.25) is 0 Å². The number of imidazole rings is 1. The van der Waals surface area contributed by atoms with Gasteiger partial charge in [-0.2, -0.15) is 0 Å². The Morgan fingerprint density at radius 2 is 2.03 bits per heavy atom. The number of aromatic nitrogens is 2. The number of likely N-dealkylation sites (tertiary alicyclic amines) is 1. The molecule has 1 fully saturated rings. The third-order valence-electron chi connectivity index (χ3n) is 5.17. The van der Waals surface area contributed by atoms with Crippen molar-refractivity contribution in [1.29, 1.82) is 0 Å². The maximum absolute atomic E-state index is 12.8. The minimum Gasteiger partial charge on any atom is -0.497 e. The van der Waals surface area contributed by atoms with Crippen molar-refractivity contribution >= 4 is 11.8 Å². The highest BCUT2D eigenvalue weighted by Gasteiger charge is 2.24. The fraction of sp³-hybridized carbons (Fsp3) is 0.476. The minimum atomic E-state index is -0.214. The summed E-state index contributed by atoms with van der Waals surface area (Å²) < 4.78 is 13.3. The van der Waals surface area contributed by atoms with Crippen LogP contribution < -0.4 is 14.8 Å². The highest BCUT2D eigenvalue weighted by molar-refractivity contribution is 5.97. The van der Waals surface area contributed by atoms with Crippen LogP contribution in [-0.4, -0.2) is 59.1 Å². The van der Waals surface area contributed by atoms with Crippen LogP contribution >= 0.6 is 0 Å². The number of ether oxygens (including phenoxy) is 2. The number of carbonyl (C=O) groups is 2. The van der Waals surface area contributed by atoms with Crippen molar-refractivity contribution in [2.75, 3.05) is 26.7 Å². The topological polar surface area (TPSA) is 85.7 Å². The molecule has 0 bridgehead atoms. The van der Waals surface area contributed by atoms with Gasteiger partial charge in [-0.25, -0.2) is 4.98 Å². The first-order chi connectivity index (χ1) is 14.0. The number of aryl methyl sites for hydroxylation is 1. The second kappa shape index (κ2) is 9.45. The Labute approximate surface area is 170 Å². The van der Waals surface area contributed by atoms with Crippen molar-refractivity contribution in [1.82, 2.24) is 19.8 Å².